The number of amides is 1. The van der Waals surface area contributed by atoms with Crippen molar-refractivity contribution in [2.75, 3.05) is 26.2 Å². The number of hydrogen-bond acceptors (Lipinski definition) is 3. The summed E-state index contributed by atoms with van der Waals surface area (Å²) in [5, 5.41) is 12.1. The number of hydrogen-bond donors (Lipinski definition) is 2. The molecule has 0 aromatic heterocycles. The largest absolute Gasteiger partial charge is 0.396 e. The van der Waals surface area contributed by atoms with Crippen molar-refractivity contribution in [3.8, 4) is 12.3 Å². The first kappa shape index (κ1) is 16.0. The molecule has 1 saturated heterocycles. The van der Waals surface area contributed by atoms with E-state index < -0.39 is 0 Å². The fourth-order valence-electron chi connectivity index (χ4n) is 2.49. The molecule has 0 aromatic rings. The predicted octanol–water partition coefficient (Wildman–Crippen LogP) is 0.855. The molecule has 1 heterocycles. The summed E-state index contributed by atoms with van der Waals surface area (Å²) in [5.74, 6) is 3.21. The van der Waals surface area contributed by atoms with Crippen molar-refractivity contribution in [2.24, 2.45) is 11.8 Å². The van der Waals surface area contributed by atoms with Gasteiger partial charge in [0, 0.05) is 18.6 Å². The molecule has 1 rings (SSSR count). The molecule has 1 aliphatic heterocycles. The average molecular weight is 266 g/mol. The van der Waals surface area contributed by atoms with E-state index >= 15 is 0 Å². The summed E-state index contributed by atoms with van der Waals surface area (Å²) in [6.07, 6.45) is 7.66. The van der Waals surface area contributed by atoms with Crippen LogP contribution >= 0.6 is 0 Å². The van der Waals surface area contributed by atoms with Gasteiger partial charge >= 0.3 is 0 Å². The molecule has 1 unspecified atom stereocenters. The summed E-state index contributed by atoms with van der Waals surface area (Å²) in [5.41, 5.74) is 0. The lowest BCUT2D eigenvalue weighted by molar-refractivity contribution is -0.127. The third-order valence-corrected chi connectivity index (χ3v) is 3.85. The van der Waals surface area contributed by atoms with E-state index in [0.29, 0.717) is 18.9 Å². The summed E-state index contributed by atoms with van der Waals surface area (Å²) >= 11 is 0. The Balaban J connectivity index is 2.40. The highest BCUT2D eigenvalue weighted by molar-refractivity contribution is 5.79. The van der Waals surface area contributed by atoms with E-state index in [9.17, 15) is 4.79 Å². The van der Waals surface area contributed by atoms with Crippen molar-refractivity contribution in [3.63, 3.8) is 0 Å². The van der Waals surface area contributed by atoms with Crippen molar-refractivity contribution in [1.82, 2.24) is 10.2 Å². The summed E-state index contributed by atoms with van der Waals surface area (Å²) in [4.78, 5) is 14.4. The molecule has 19 heavy (non-hydrogen) atoms. The molecule has 0 aromatic carbocycles. The van der Waals surface area contributed by atoms with Crippen LogP contribution in [-0.4, -0.2) is 48.2 Å². The number of rotatable bonds is 6. The van der Waals surface area contributed by atoms with E-state index in [4.69, 9.17) is 11.5 Å². The van der Waals surface area contributed by atoms with Crippen LogP contribution in [0.25, 0.3) is 0 Å². The minimum Gasteiger partial charge on any atom is -0.396 e. The molecule has 108 valence electrons. The second-order valence-electron chi connectivity index (χ2n) is 5.63. The zero-order valence-corrected chi connectivity index (χ0v) is 12.1. The molecular formula is C15H26N2O2. The summed E-state index contributed by atoms with van der Waals surface area (Å²) in [6.45, 7) is 6.72. The highest BCUT2D eigenvalue weighted by Gasteiger charge is 2.26. The number of nitrogens with one attached hydrogen (secondary N) is 1. The third kappa shape index (κ3) is 5.22. The van der Waals surface area contributed by atoms with Crippen LogP contribution in [-0.2, 0) is 4.79 Å². The van der Waals surface area contributed by atoms with E-state index in [-0.39, 0.29) is 24.5 Å². The van der Waals surface area contributed by atoms with Crippen molar-refractivity contribution in [2.45, 2.75) is 39.2 Å². The van der Waals surface area contributed by atoms with Gasteiger partial charge < -0.3 is 10.4 Å². The number of carbonyl (C=O) groups excluding carboxylic acids is 1. The summed E-state index contributed by atoms with van der Waals surface area (Å²) in [7, 11) is 0. The molecule has 2 N–H and O–H groups in total. The Labute approximate surface area is 116 Å². The van der Waals surface area contributed by atoms with Crippen molar-refractivity contribution < 1.29 is 9.90 Å². The summed E-state index contributed by atoms with van der Waals surface area (Å²) in [6, 6.07) is 0.0706. The van der Waals surface area contributed by atoms with Gasteiger partial charge in [0.05, 0.1) is 6.54 Å². The minimum atomic E-state index is 0.0706. The minimum absolute atomic E-state index is 0.0706. The zero-order valence-electron chi connectivity index (χ0n) is 12.1. The van der Waals surface area contributed by atoms with Crippen LogP contribution in [0.5, 0.6) is 0 Å². The van der Waals surface area contributed by atoms with Crippen LogP contribution in [0, 0.1) is 24.2 Å². The second kappa shape index (κ2) is 8.19. The standard InChI is InChI=1S/C15H26N2O2/c1-4-8-17-9-5-13(6-10-17)15(19)16-14(7-11-18)12(2)3/h1,12-14,18H,5-11H2,2-3H3,(H,16,19). The Hall–Kier alpha value is -1.05. The third-order valence-electron chi connectivity index (χ3n) is 3.85. The highest BCUT2D eigenvalue weighted by Crippen LogP contribution is 2.18. The van der Waals surface area contributed by atoms with Gasteiger partial charge in [-0.3, -0.25) is 9.69 Å². The molecule has 4 heteroatoms. The number of piperidine rings is 1. The first-order valence-corrected chi connectivity index (χ1v) is 7.15. The predicted molar refractivity (Wildman–Crippen MR) is 76.5 cm³/mol. The van der Waals surface area contributed by atoms with Crippen molar-refractivity contribution >= 4 is 5.91 Å². The highest BCUT2D eigenvalue weighted by atomic mass is 16.3. The lowest BCUT2D eigenvalue weighted by Gasteiger charge is -2.31. The monoisotopic (exact) mass is 266 g/mol. The maximum absolute atomic E-state index is 12.2. The fraction of sp³-hybridized carbons (Fsp3) is 0.800. The first-order chi connectivity index (χ1) is 9.08. The number of nitrogens with zero attached hydrogens (tertiary/aromatic N) is 1. The van der Waals surface area contributed by atoms with Gasteiger partial charge in [0.25, 0.3) is 0 Å². The van der Waals surface area contributed by atoms with Gasteiger partial charge in [-0.25, -0.2) is 0 Å². The summed E-state index contributed by atoms with van der Waals surface area (Å²) < 4.78 is 0. The smallest absolute Gasteiger partial charge is 0.223 e. The number of likely N-dealkylation sites (tertiary alicyclic amines) is 1. The topological polar surface area (TPSA) is 52.6 Å². The van der Waals surface area contributed by atoms with Gasteiger partial charge in [-0.15, -0.1) is 6.42 Å². The molecule has 1 amide bonds. The fourth-order valence-corrected chi connectivity index (χ4v) is 2.49. The van der Waals surface area contributed by atoms with Crippen LogP contribution in [0.3, 0.4) is 0 Å². The number of carbonyl (C=O) groups is 1. The molecular weight excluding hydrogens is 240 g/mol. The molecule has 0 bridgehead atoms. The molecule has 4 nitrogen and oxygen atoms in total. The van der Waals surface area contributed by atoms with Crippen LogP contribution < -0.4 is 5.32 Å². The zero-order chi connectivity index (χ0) is 14.3. The lowest BCUT2D eigenvalue weighted by Crippen LogP contribution is -2.45. The van der Waals surface area contributed by atoms with E-state index in [1.807, 2.05) is 0 Å². The van der Waals surface area contributed by atoms with Crippen LogP contribution in [0.4, 0.5) is 0 Å². The van der Waals surface area contributed by atoms with Crippen LogP contribution in [0.1, 0.15) is 33.1 Å². The Bertz CT molecular complexity index is 315. The molecule has 1 aliphatic rings. The Morgan fingerprint density at radius 2 is 2.11 bits per heavy atom. The lowest BCUT2D eigenvalue weighted by atomic mass is 9.94. The van der Waals surface area contributed by atoms with Crippen molar-refractivity contribution in [1.29, 1.82) is 0 Å². The number of aliphatic hydroxyl groups is 1. The van der Waals surface area contributed by atoms with E-state index in [0.717, 1.165) is 25.9 Å². The van der Waals surface area contributed by atoms with Gasteiger partial charge in [-0.2, -0.15) is 0 Å². The Morgan fingerprint density at radius 3 is 2.58 bits per heavy atom. The second-order valence-corrected chi connectivity index (χ2v) is 5.63. The molecule has 1 atom stereocenters. The SMILES string of the molecule is C#CCN1CCC(C(=O)NC(CCO)C(C)C)CC1. The Morgan fingerprint density at radius 1 is 1.47 bits per heavy atom. The van der Waals surface area contributed by atoms with Gasteiger partial charge in [0.1, 0.15) is 0 Å². The molecule has 1 fully saturated rings. The van der Waals surface area contributed by atoms with Gasteiger partial charge in [-0.1, -0.05) is 19.8 Å². The maximum Gasteiger partial charge on any atom is 0.223 e. The van der Waals surface area contributed by atoms with E-state index in [1.54, 1.807) is 0 Å². The number of aliphatic hydroxyl groups excluding tert-OH is 1. The van der Waals surface area contributed by atoms with Gasteiger partial charge in [0.2, 0.25) is 5.91 Å². The average Bonchev–Trinajstić information content (AvgIpc) is 2.39. The number of terminal acetylenes is 1. The van der Waals surface area contributed by atoms with Crippen LogP contribution in [0.15, 0.2) is 0 Å². The Kier molecular flexibility index (Phi) is 6.90. The molecule has 0 radical (unpaired) electrons. The molecule has 0 saturated carbocycles. The van der Waals surface area contributed by atoms with Gasteiger partial charge in [0.15, 0.2) is 0 Å². The normalized spacial score (nSPS) is 19.1. The first-order valence-electron chi connectivity index (χ1n) is 7.15. The van der Waals surface area contributed by atoms with E-state index in [1.165, 1.54) is 0 Å². The van der Waals surface area contributed by atoms with Crippen LogP contribution in [0.2, 0.25) is 0 Å². The van der Waals surface area contributed by atoms with Gasteiger partial charge in [-0.05, 0) is 38.3 Å². The van der Waals surface area contributed by atoms with E-state index in [2.05, 4.69) is 30.0 Å². The van der Waals surface area contributed by atoms with Crippen molar-refractivity contribution in [3.05, 3.63) is 0 Å². The maximum atomic E-state index is 12.2. The molecule has 0 aliphatic carbocycles. The molecule has 0 spiro atoms. The quantitative estimate of drug-likeness (QED) is 0.701.